The molecular formula is C15H27N5O5S. The fourth-order valence-corrected chi connectivity index (χ4v) is 2.06. The molecule has 0 saturated carbocycles. The summed E-state index contributed by atoms with van der Waals surface area (Å²) in [7, 11) is 0. The minimum atomic E-state index is -0.998. The molecule has 0 heterocycles. The Morgan fingerprint density at radius 2 is 1.54 bits per heavy atom. The van der Waals surface area contributed by atoms with E-state index >= 15 is 0 Å². The van der Waals surface area contributed by atoms with Crippen LogP contribution in [-0.4, -0.2) is 60.0 Å². The Balaban J connectivity index is 4.89. The summed E-state index contributed by atoms with van der Waals surface area (Å²) in [6.07, 6.45) is 0. The Labute approximate surface area is 157 Å². The number of thiol groups is 1. The van der Waals surface area contributed by atoms with Gasteiger partial charge < -0.3 is 27.0 Å². The molecule has 0 aromatic heterocycles. The summed E-state index contributed by atoms with van der Waals surface area (Å²) in [4.78, 5) is 58.2. The van der Waals surface area contributed by atoms with Gasteiger partial charge in [0, 0.05) is 12.7 Å². The Morgan fingerprint density at radius 1 is 0.962 bits per heavy atom. The Hall–Kier alpha value is -2.30. The Morgan fingerprint density at radius 3 is 1.96 bits per heavy atom. The third-order valence-corrected chi connectivity index (χ3v) is 3.73. The van der Waals surface area contributed by atoms with Crippen LogP contribution in [0.4, 0.5) is 0 Å². The van der Waals surface area contributed by atoms with Gasteiger partial charge in [-0.3, -0.25) is 24.0 Å². The highest BCUT2D eigenvalue weighted by molar-refractivity contribution is 7.80. The van der Waals surface area contributed by atoms with Crippen LogP contribution in [0, 0.1) is 5.92 Å². The van der Waals surface area contributed by atoms with Gasteiger partial charge in [0.15, 0.2) is 0 Å². The zero-order valence-electron chi connectivity index (χ0n) is 15.3. The van der Waals surface area contributed by atoms with Crippen molar-refractivity contribution in [2.45, 2.75) is 45.8 Å². The van der Waals surface area contributed by atoms with Crippen molar-refractivity contribution in [2.24, 2.45) is 11.7 Å². The van der Waals surface area contributed by atoms with Crippen molar-refractivity contribution in [1.82, 2.24) is 21.3 Å². The molecule has 0 unspecified atom stereocenters. The molecule has 0 aliphatic carbocycles. The number of rotatable bonds is 10. The third kappa shape index (κ3) is 8.70. The highest BCUT2D eigenvalue weighted by Crippen LogP contribution is 2.04. The number of nitrogens with two attached hydrogens (primary N) is 1. The first-order valence-electron chi connectivity index (χ1n) is 8.04. The van der Waals surface area contributed by atoms with Gasteiger partial charge in [-0.2, -0.15) is 12.6 Å². The number of primary amides is 1. The van der Waals surface area contributed by atoms with Crippen LogP contribution in [-0.2, 0) is 24.0 Å². The smallest absolute Gasteiger partial charge is 0.244 e. The first kappa shape index (κ1) is 23.7. The van der Waals surface area contributed by atoms with Crippen molar-refractivity contribution < 1.29 is 24.0 Å². The van der Waals surface area contributed by atoms with Crippen molar-refractivity contribution in [1.29, 1.82) is 0 Å². The molecule has 0 fully saturated rings. The summed E-state index contributed by atoms with van der Waals surface area (Å²) < 4.78 is 0. The van der Waals surface area contributed by atoms with E-state index in [-0.39, 0.29) is 24.1 Å². The molecule has 0 aromatic carbocycles. The average molecular weight is 389 g/mol. The number of carbonyl (C=O) groups excluding carboxylic acids is 5. The summed E-state index contributed by atoms with van der Waals surface area (Å²) in [5.74, 6) is -3.13. The molecule has 6 N–H and O–H groups in total. The van der Waals surface area contributed by atoms with Gasteiger partial charge in [0.1, 0.15) is 18.1 Å². The molecule has 0 aliphatic rings. The van der Waals surface area contributed by atoms with Crippen LogP contribution in [0.3, 0.4) is 0 Å². The summed E-state index contributed by atoms with van der Waals surface area (Å²) >= 11 is 4.02. The predicted molar refractivity (Wildman–Crippen MR) is 98.0 cm³/mol. The monoisotopic (exact) mass is 389 g/mol. The topological polar surface area (TPSA) is 159 Å². The molecule has 3 atom stereocenters. The molecule has 0 aliphatic heterocycles. The predicted octanol–water partition coefficient (Wildman–Crippen LogP) is -2.33. The molecule has 0 bridgehead atoms. The maximum Gasteiger partial charge on any atom is 0.244 e. The van der Waals surface area contributed by atoms with E-state index in [1.54, 1.807) is 13.8 Å². The van der Waals surface area contributed by atoms with Gasteiger partial charge in [-0.25, -0.2) is 0 Å². The number of nitrogens with one attached hydrogen (secondary N) is 4. The highest BCUT2D eigenvalue weighted by atomic mass is 32.1. The normalized spacial score (nSPS) is 13.9. The number of hydrogen-bond donors (Lipinski definition) is 6. The van der Waals surface area contributed by atoms with Crippen molar-refractivity contribution in [3.63, 3.8) is 0 Å². The Kier molecular flexibility index (Phi) is 10.3. The molecule has 5 amide bonds. The first-order chi connectivity index (χ1) is 12.0. The molecule has 26 heavy (non-hydrogen) atoms. The van der Waals surface area contributed by atoms with Crippen LogP contribution in [0.5, 0.6) is 0 Å². The van der Waals surface area contributed by atoms with Gasteiger partial charge >= 0.3 is 0 Å². The maximum absolute atomic E-state index is 12.4. The van der Waals surface area contributed by atoms with E-state index in [0.717, 1.165) is 0 Å². The molecule has 10 nitrogen and oxygen atoms in total. The zero-order chi connectivity index (χ0) is 20.4. The second-order valence-corrected chi connectivity index (χ2v) is 6.44. The van der Waals surface area contributed by atoms with E-state index in [2.05, 4.69) is 33.9 Å². The van der Waals surface area contributed by atoms with E-state index in [4.69, 9.17) is 5.73 Å². The van der Waals surface area contributed by atoms with E-state index in [1.165, 1.54) is 13.8 Å². The molecule has 11 heteroatoms. The standard InChI is InChI=1S/C15H27N5O5S/c1-7(2)12(15(25)18-8(3)13(16)23)20-14(24)10(6-26)19-11(22)5-17-9(4)21/h7-8,10,12,26H,5-6H2,1-4H3,(H2,16,23)(H,17,21)(H,18,25)(H,19,22)(H,20,24)/t8-,10-,12-/m1/s1. The van der Waals surface area contributed by atoms with Crippen LogP contribution in [0.2, 0.25) is 0 Å². The second-order valence-electron chi connectivity index (χ2n) is 6.08. The maximum atomic E-state index is 12.4. The van der Waals surface area contributed by atoms with Crippen molar-refractivity contribution >= 4 is 42.2 Å². The summed E-state index contributed by atoms with van der Waals surface area (Å²) in [5, 5.41) is 9.67. The first-order valence-corrected chi connectivity index (χ1v) is 8.67. The molecule has 0 spiro atoms. The van der Waals surface area contributed by atoms with Crippen LogP contribution in [0.25, 0.3) is 0 Å². The van der Waals surface area contributed by atoms with Crippen LogP contribution >= 0.6 is 12.6 Å². The molecule has 0 rings (SSSR count). The number of carbonyl (C=O) groups is 5. The van der Waals surface area contributed by atoms with E-state index < -0.39 is 41.8 Å². The zero-order valence-corrected chi connectivity index (χ0v) is 16.2. The minimum absolute atomic E-state index is 0.0121. The molecule has 148 valence electrons. The number of hydrogen-bond acceptors (Lipinski definition) is 6. The van der Waals surface area contributed by atoms with Crippen LogP contribution < -0.4 is 27.0 Å². The third-order valence-electron chi connectivity index (χ3n) is 3.36. The quantitative estimate of drug-likeness (QED) is 0.231. The second kappa shape index (κ2) is 11.3. The summed E-state index contributed by atoms with van der Waals surface area (Å²) in [6, 6.07) is -2.82. The van der Waals surface area contributed by atoms with Gasteiger partial charge in [-0.15, -0.1) is 0 Å². The van der Waals surface area contributed by atoms with Gasteiger partial charge in [0.05, 0.1) is 6.54 Å². The Bertz CT molecular complexity index is 555. The fraction of sp³-hybridized carbons (Fsp3) is 0.667. The molecule has 0 saturated heterocycles. The van der Waals surface area contributed by atoms with E-state index in [1.807, 2.05) is 0 Å². The highest BCUT2D eigenvalue weighted by Gasteiger charge is 2.29. The fourth-order valence-electron chi connectivity index (χ4n) is 1.81. The van der Waals surface area contributed by atoms with Crippen molar-refractivity contribution in [3.8, 4) is 0 Å². The van der Waals surface area contributed by atoms with E-state index in [0.29, 0.717) is 0 Å². The lowest BCUT2D eigenvalue weighted by atomic mass is 10.0. The lowest BCUT2D eigenvalue weighted by molar-refractivity contribution is -0.133. The lowest BCUT2D eigenvalue weighted by Gasteiger charge is -2.25. The number of amides is 5. The average Bonchev–Trinajstić information content (AvgIpc) is 2.54. The van der Waals surface area contributed by atoms with Gasteiger partial charge in [0.2, 0.25) is 29.5 Å². The van der Waals surface area contributed by atoms with Crippen LogP contribution in [0.1, 0.15) is 27.7 Å². The largest absolute Gasteiger partial charge is 0.368 e. The van der Waals surface area contributed by atoms with Crippen molar-refractivity contribution in [3.05, 3.63) is 0 Å². The summed E-state index contributed by atoms with van der Waals surface area (Å²) in [5.41, 5.74) is 5.11. The molecule has 0 aromatic rings. The molecular weight excluding hydrogens is 362 g/mol. The van der Waals surface area contributed by atoms with E-state index in [9.17, 15) is 24.0 Å². The SMILES string of the molecule is CC(=O)NCC(=O)N[C@H](CS)C(=O)N[C@@H](C(=O)N[C@H](C)C(N)=O)C(C)C. The minimum Gasteiger partial charge on any atom is -0.368 e. The summed E-state index contributed by atoms with van der Waals surface area (Å²) in [6.45, 7) is 5.83. The van der Waals surface area contributed by atoms with Gasteiger partial charge in [-0.05, 0) is 12.8 Å². The lowest BCUT2D eigenvalue weighted by Crippen LogP contribution is -2.58. The molecule has 0 radical (unpaired) electrons. The van der Waals surface area contributed by atoms with Gasteiger partial charge in [0.25, 0.3) is 0 Å². The van der Waals surface area contributed by atoms with Crippen molar-refractivity contribution in [2.75, 3.05) is 12.3 Å². The van der Waals surface area contributed by atoms with Crippen LogP contribution in [0.15, 0.2) is 0 Å². The van der Waals surface area contributed by atoms with Gasteiger partial charge in [-0.1, -0.05) is 13.8 Å².